The van der Waals surface area contributed by atoms with Crippen LogP contribution in [0, 0.1) is 24.2 Å². The maximum absolute atomic E-state index is 2.41. The van der Waals surface area contributed by atoms with E-state index >= 15 is 0 Å². The molecule has 9 heavy (non-hydrogen) atoms. The molecule has 1 fully saturated rings. The first kappa shape index (κ1) is 15.1. The van der Waals surface area contributed by atoms with E-state index in [1.807, 2.05) is 0 Å². The van der Waals surface area contributed by atoms with Crippen molar-refractivity contribution in [3.63, 3.8) is 0 Å². The molecule has 0 bridgehead atoms. The van der Waals surface area contributed by atoms with Crippen molar-refractivity contribution in [2.45, 2.75) is 20.8 Å². The Morgan fingerprint density at radius 2 is 1.56 bits per heavy atom. The molecular formula is C7H13Rb2+. The average Bonchev–Trinajstić information content (AvgIpc) is 2.17. The third kappa shape index (κ3) is 5.79. The molecule has 0 amide bonds. The van der Waals surface area contributed by atoms with E-state index in [0.717, 1.165) is 17.8 Å². The van der Waals surface area contributed by atoms with Gasteiger partial charge in [0.05, 0.1) is 0 Å². The van der Waals surface area contributed by atoms with Gasteiger partial charge in [-0.05, 0) is 0 Å². The third-order valence-electron chi connectivity index (χ3n) is 1.76. The molecule has 0 aliphatic heterocycles. The molecule has 0 saturated heterocycles. The zero-order valence-electron chi connectivity index (χ0n) is 7.31. The van der Waals surface area contributed by atoms with Crippen LogP contribution in [-0.2, 0) is 0 Å². The summed E-state index contributed by atoms with van der Waals surface area (Å²) in [5.74, 6) is 2.75. The van der Waals surface area contributed by atoms with Gasteiger partial charge in [-0.2, -0.15) is 11.8 Å². The van der Waals surface area contributed by atoms with Crippen LogP contribution in [0.1, 0.15) is 20.8 Å². The second kappa shape index (κ2) is 7.06. The molecule has 0 spiro atoms. The minimum Gasteiger partial charge on any atom is -0.327 e. The van der Waals surface area contributed by atoms with E-state index in [0.29, 0.717) is 0 Å². The fraction of sp³-hybridized carbons (Fsp3) is 0.857. The Bertz CT molecular complexity index is 71.3. The Morgan fingerprint density at radius 1 is 1.22 bits per heavy atom. The normalized spacial score (nSPS) is 30.7. The van der Waals surface area contributed by atoms with Crippen molar-refractivity contribution in [3.05, 3.63) is 6.42 Å². The molecule has 0 aromatic rings. The largest absolute Gasteiger partial charge is 1.00 e. The van der Waals surface area contributed by atoms with Crippen LogP contribution in [0.5, 0.6) is 0 Å². The summed E-state index contributed by atoms with van der Waals surface area (Å²) in [6.45, 7) is 6.85. The summed E-state index contributed by atoms with van der Waals surface area (Å²) < 4.78 is 0. The van der Waals surface area contributed by atoms with Crippen LogP contribution in [-0.4, -0.2) is 0 Å². The summed E-state index contributed by atoms with van der Waals surface area (Å²) in [6.07, 6.45) is 2.41. The van der Waals surface area contributed by atoms with Crippen LogP contribution in [0.15, 0.2) is 0 Å². The zero-order valence-corrected chi connectivity index (χ0v) is 17.1. The van der Waals surface area contributed by atoms with Crippen LogP contribution in [0.25, 0.3) is 0 Å². The minimum atomic E-state index is 0. The quantitative estimate of drug-likeness (QED) is 0.427. The molecule has 0 N–H and O–H groups in total. The van der Waals surface area contributed by atoms with Gasteiger partial charge in [-0.25, -0.2) is 0 Å². The first-order valence-electron chi connectivity index (χ1n) is 3.07. The predicted octanol–water partition coefficient (Wildman–Crippen LogP) is -3.88. The predicted molar refractivity (Wildman–Crippen MR) is 31.8 cm³/mol. The van der Waals surface area contributed by atoms with Crippen molar-refractivity contribution in [2.75, 3.05) is 0 Å². The standard InChI is InChI=1S/C7H13.2Rb/c1-5(2)7-4-6(7)3;;/h4-7H,1-3H3;;/q-1;2*+1. The topological polar surface area (TPSA) is 0 Å². The van der Waals surface area contributed by atoms with E-state index in [2.05, 4.69) is 27.2 Å². The average molecular weight is 268 g/mol. The molecule has 0 nitrogen and oxygen atoms in total. The first-order chi connectivity index (χ1) is 3.22. The van der Waals surface area contributed by atoms with E-state index < -0.39 is 0 Å². The van der Waals surface area contributed by atoms with Crippen LogP contribution < -0.4 is 116 Å². The molecule has 0 heterocycles. The minimum absolute atomic E-state index is 0. The van der Waals surface area contributed by atoms with Gasteiger partial charge in [0, 0.05) is 0 Å². The number of hydrogen-bond acceptors (Lipinski definition) is 0. The molecule has 1 aliphatic rings. The summed E-state index contributed by atoms with van der Waals surface area (Å²) in [7, 11) is 0. The van der Waals surface area contributed by atoms with E-state index in [1.54, 1.807) is 0 Å². The summed E-state index contributed by atoms with van der Waals surface area (Å²) >= 11 is 0. The van der Waals surface area contributed by atoms with Gasteiger partial charge in [-0.3, -0.25) is 0 Å². The van der Waals surface area contributed by atoms with Gasteiger partial charge in [0.2, 0.25) is 0 Å². The summed E-state index contributed by atoms with van der Waals surface area (Å²) in [5.41, 5.74) is 0. The van der Waals surface area contributed by atoms with Crippen LogP contribution in [0.4, 0.5) is 0 Å². The molecule has 1 saturated carbocycles. The van der Waals surface area contributed by atoms with Crippen molar-refractivity contribution in [1.29, 1.82) is 0 Å². The molecule has 0 aromatic carbocycles. The zero-order chi connectivity index (χ0) is 5.44. The Labute approximate surface area is 157 Å². The molecule has 2 atom stereocenters. The SMILES string of the molecule is CC(C)C1[CH-]C1C.[Rb+].[Rb+]. The van der Waals surface area contributed by atoms with E-state index in [1.165, 1.54) is 0 Å². The third-order valence-corrected chi connectivity index (χ3v) is 1.76. The molecule has 2 heteroatoms. The van der Waals surface area contributed by atoms with Crippen molar-refractivity contribution in [2.24, 2.45) is 17.8 Å². The summed E-state index contributed by atoms with van der Waals surface area (Å²) in [4.78, 5) is 0. The van der Waals surface area contributed by atoms with Gasteiger partial charge in [-0.1, -0.05) is 26.7 Å². The molecule has 0 radical (unpaired) electrons. The smallest absolute Gasteiger partial charge is 0.327 e. The van der Waals surface area contributed by atoms with Gasteiger partial charge in [0.15, 0.2) is 0 Å². The van der Waals surface area contributed by atoms with E-state index in [4.69, 9.17) is 0 Å². The fourth-order valence-corrected chi connectivity index (χ4v) is 1.12. The molecule has 1 aliphatic carbocycles. The fourth-order valence-electron chi connectivity index (χ4n) is 1.12. The Hall–Kier alpha value is 3.61. The monoisotopic (exact) mass is 267 g/mol. The van der Waals surface area contributed by atoms with Crippen LogP contribution in [0.3, 0.4) is 0 Å². The van der Waals surface area contributed by atoms with Gasteiger partial charge in [0.1, 0.15) is 0 Å². The maximum atomic E-state index is 2.41. The van der Waals surface area contributed by atoms with Crippen LogP contribution in [0.2, 0.25) is 0 Å². The Morgan fingerprint density at radius 3 is 1.56 bits per heavy atom. The summed E-state index contributed by atoms with van der Waals surface area (Å²) in [6, 6.07) is 0. The molecule has 1 rings (SSSR count). The number of rotatable bonds is 1. The van der Waals surface area contributed by atoms with E-state index in [-0.39, 0.29) is 116 Å². The van der Waals surface area contributed by atoms with E-state index in [9.17, 15) is 0 Å². The summed E-state index contributed by atoms with van der Waals surface area (Å²) in [5, 5.41) is 0. The molecule has 0 aromatic heterocycles. The van der Waals surface area contributed by atoms with Crippen molar-refractivity contribution in [3.8, 4) is 0 Å². The van der Waals surface area contributed by atoms with Gasteiger partial charge >= 0.3 is 116 Å². The maximum Gasteiger partial charge on any atom is 1.00 e. The second-order valence-corrected chi connectivity index (χ2v) is 2.87. The second-order valence-electron chi connectivity index (χ2n) is 2.87. The van der Waals surface area contributed by atoms with Crippen molar-refractivity contribution >= 4 is 0 Å². The van der Waals surface area contributed by atoms with Gasteiger partial charge < -0.3 is 6.42 Å². The van der Waals surface area contributed by atoms with Gasteiger partial charge in [0.25, 0.3) is 0 Å². The Kier molecular flexibility index (Phi) is 11.8. The van der Waals surface area contributed by atoms with Crippen molar-refractivity contribution in [1.82, 2.24) is 0 Å². The number of hydrogen-bond donors (Lipinski definition) is 0. The van der Waals surface area contributed by atoms with Gasteiger partial charge in [-0.15, -0.1) is 0 Å². The Balaban J connectivity index is 0. The first-order valence-corrected chi connectivity index (χ1v) is 3.07. The molecule has 2 unspecified atom stereocenters. The molecule has 42 valence electrons. The molecular weight excluding hydrogens is 255 g/mol. The van der Waals surface area contributed by atoms with Crippen LogP contribution >= 0.6 is 0 Å². The van der Waals surface area contributed by atoms with Crippen molar-refractivity contribution < 1.29 is 116 Å².